The Bertz CT molecular complexity index is 1190. The third kappa shape index (κ3) is 5.81. The van der Waals surface area contributed by atoms with Crippen LogP contribution in [0.4, 0.5) is 5.82 Å². The molecular weight excluding hydrogens is 472 g/mol. The molecule has 0 radical (unpaired) electrons. The van der Waals surface area contributed by atoms with Gasteiger partial charge >= 0.3 is 10.2 Å². The Morgan fingerprint density at radius 2 is 1.71 bits per heavy atom. The Kier molecular flexibility index (Phi) is 7.91. The lowest BCUT2D eigenvalue weighted by Gasteiger charge is -2.35. The molecule has 34 heavy (non-hydrogen) atoms. The van der Waals surface area contributed by atoms with Crippen molar-refractivity contribution < 1.29 is 17.9 Å². The Balaban J connectivity index is 1.61. The summed E-state index contributed by atoms with van der Waals surface area (Å²) in [5.41, 5.74) is 2.04. The van der Waals surface area contributed by atoms with Gasteiger partial charge in [-0.3, -0.25) is 0 Å². The van der Waals surface area contributed by atoms with Crippen LogP contribution in [0.1, 0.15) is 17.5 Å². The minimum atomic E-state index is -3.76. The maximum atomic E-state index is 13.5. The lowest BCUT2D eigenvalue weighted by Crippen LogP contribution is -2.50. The van der Waals surface area contributed by atoms with Crippen molar-refractivity contribution in [3.05, 3.63) is 71.8 Å². The van der Waals surface area contributed by atoms with Gasteiger partial charge < -0.3 is 9.47 Å². The quantitative estimate of drug-likeness (QED) is 0.293. The molecule has 180 valence electrons. The van der Waals surface area contributed by atoms with Gasteiger partial charge in [0.15, 0.2) is 11.0 Å². The number of aromatic nitrogens is 2. The molecule has 0 aliphatic carbocycles. The predicted octanol–water partition coefficient (Wildman–Crippen LogP) is 3.79. The smallest absolute Gasteiger partial charge is 0.305 e. The van der Waals surface area contributed by atoms with Crippen LogP contribution in [0, 0.1) is 0 Å². The Hall–Kier alpha value is -2.82. The molecule has 0 saturated carbocycles. The van der Waals surface area contributed by atoms with E-state index in [1.54, 1.807) is 13.2 Å². The van der Waals surface area contributed by atoms with E-state index in [1.165, 1.54) is 33.0 Å². The fourth-order valence-electron chi connectivity index (χ4n) is 3.43. The van der Waals surface area contributed by atoms with Crippen molar-refractivity contribution in [2.75, 3.05) is 37.4 Å². The Labute approximate surface area is 205 Å². The van der Waals surface area contributed by atoms with Crippen LogP contribution in [0.25, 0.3) is 0 Å². The number of anilines is 1. The second kappa shape index (κ2) is 11.1. The molecule has 2 aromatic carbocycles. The largest absolute Gasteiger partial charge is 0.497 e. The van der Waals surface area contributed by atoms with Crippen molar-refractivity contribution in [1.82, 2.24) is 14.3 Å². The van der Waals surface area contributed by atoms with Gasteiger partial charge in [-0.25, -0.2) is 9.29 Å². The summed E-state index contributed by atoms with van der Waals surface area (Å²) in [6.45, 7) is 1.14. The Morgan fingerprint density at radius 3 is 2.32 bits per heavy atom. The summed E-state index contributed by atoms with van der Waals surface area (Å²) in [6.07, 6.45) is 1.70. The summed E-state index contributed by atoms with van der Waals surface area (Å²) in [5, 5.41) is 0.476. The first-order valence-electron chi connectivity index (χ1n) is 11.0. The summed E-state index contributed by atoms with van der Waals surface area (Å²) in [4.78, 5) is 9.05. The molecule has 4 rings (SSSR count). The van der Waals surface area contributed by atoms with Gasteiger partial charge in [0.05, 0.1) is 20.8 Å². The molecule has 0 unspecified atom stereocenters. The average molecular weight is 501 g/mol. The monoisotopic (exact) mass is 500 g/mol. The fourth-order valence-corrected chi connectivity index (χ4v) is 5.90. The van der Waals surface area contributed by atoms with Crippen LogP contribution in [-0.2, 0) is 23.2 Å². The standard InChI is InChI=1S/C24H28N4O4S2/c1-31-21-11-9-20(10-12-21)18-28(34(29,30)27-14-6-15-27)22-17-23(32-2)26-24(25-22)33-16-13-19-7-4-3-5-8-19/h3-5,7-12,17H,6,13-16,18H2,1-2H3. The molecular formula is C24H28N4O4S2. The number of hydrogen-bond acceptors (Lipinski definition) is 7. The van der Waals surface area contributed by atoms with Gasteiger partial charge in [-0.15, -0.1) is 0 Å². The molecule has 1 aromatic heterocycles. The van der Waals surface area contributed by atoms with Crippen LogP contribution in [0.15, 0.2) is 65.8 Å². The van der Waals surface area contributed by atoms with E-state index in [0.717, 1.165) is 24.2 Å². The highest BCUT2D eigenvalue weighted by atomic mass is 32.2. The van der Waals surface area contributed by atoms with Crippen molar-refractivity contribution in [2.45, 2.75) is 24.5 Å². The number of thioether (sulfide) groups is 1. The number of hydrogen-bond donors (Lipinski definition) is 0. The summed E-state index contributed by atoms with van der Waals surface area (Å²) >= 11 is 1.47. The van der Waals surface area contributed by atoms with E-state index in [-0.39, 0.29) is 12.4 Å². The first kappa shape index (κ1) is 24.3. The summed E-state index contributed by atoms with van der Waals surface area (Å²) in [7, 11) is -0.643. The van der Waals surface area contributed by atoms with Gasteiger partial charge in [0, 0.05) is 24.9 Å². The SMILES string of the molecule is COc1ccc(CN(c2cc(OC)nc(SCCc3ccccc3)n2)S(=O)(=O)N2CCC2)cc1. The maximum absolute atomic E-state index is 13.5. The number of aryl methyl sites for hydroxylation is 1. The zero-order chi connectivity index (χ0) is 24.0. The molecule has 2 heterocycles. The van der Waals surface area contributed by atoms with Crippen LogP contribution < -0.4 is 13.8 Å². The van der Waals surface area contributed by atoms with Crippen molar-refractivity contribution in [2.24, 2.45) is 0 Å². The normalized spacial score (nSPS) is 13.8. The van der Waals surface area contributed by atoms with Gasteiger partial charge in [0.25, 0.3) is 0 Å². The van der Waals surface area contributed by atoms with Crippen LogP contribution >= 0.6 is 11.8 Å². The molecule has 1 aliphatic heterocycles. The molecule has 8 nitrogen and oxygen atoms in total. The lowest BCUT2D eigenvalue weighted by molar-refractivity contribution is 0.307. The highest BCUT2D eigenvalue weighted by molar-refractivity contribution is 7.99. The van der Waals surface area contributed by atoms with Crippen molar-refractivity contribution in [3.63, 3.8) is 0 Å². The minimum Gasteiger partial charge on any atom is -0.497 e. The number of methoxy groups -OCH3 is 2. The number of ether oxygens (including phenoxy) is 2. The van der Waals surface area contributed by atoms with E-state index < -0.39 is 10.2 Å². The van der Waals surface area contributed by atoms with Crippen molar-refractivity contribution in [3.8, 4) is 11.6 Å². The zero-order valence-electron chi connectivity index (χ0n) is 19.3. The molecule has 0 atom stereocenters. The third-order valence-corrected chi connectivity index (χ3v) is 8.24. The van der Waals surface area contributed by atoms with Crippen molar-refractivity contribution in [1.29, 1.82) is 0 Å². The Morgan fingerprint density at radius 1 is 0.971 bits per heavy atom. The van der Waals surface area contributed by atoms with E-state index in [1.807, 2.05) is 42.5 Å². The summed E-state index contributed by atoms with van der Waals surface area (Å²) in [6, 6.07) is 19.1. The topological polar surface area (TPSA) is 84.9 Å². The number of rotatable bonds is 11. The molecule has 0 amide bonds. The lowest BCUT2D eigenvalue weighted by atomic mass is 10.2. The van der Waals surface area contributed by atoms with Crippen molar-refractivity contribution >= 4 is 27.8 Å². The van der Waals surface area contributed by atoms with Crippen LogP contribution in [0.5, 0.6) is 11.6 Å². The fraction of sp³-hybridized carbons (Fsp3) is 0.333. The minimum absolute atomic E-state index is 0.136. The zero-order valence-corrected chi connectivity index (χ0v) is 20.9. The average Bonchev–Trinajstić information content (AvgIpc) is 2.82. The van der Waals surface area contributed by atoms with E-state index in [9.17, 15) is 8.42 Å². The van der Waals surface area contributed by atoms with E-state index in [4.69, 9.17) is 9.47 Å². The van der Waals surface area contributed by atoms with Gasteiger partial charge in [-0.05, 0) is 36.1 Å². The first-order chi connectivity index (χ1) is 16.5. The van der Waals surface area contributed by atoms with E-state index in [0.29, 0.717) is 29.9 Å². The second-order valence-electron chi connectivity index (χ2n) is 7.75. The van der Waals surface area contributed by atoms with Crippen LogP contribution in [0.3, 0.4) is 0 Å². The van der Waals surface area contributed by atoms with Gasteiger partial charge in [-0.2, -0.15) is 17.7 Å². The highest BCUT2D eigenvalue weighted by Crippen LogP contribution is 2.29. The summed E-state index contributed by atoms with van der Waals surface area (Å²) < 4.78 is 40.4. The summed E-state index contributed by atoms with van der Waals surface area (Å²) in [5.74, 6) is 2.08. The van der Waals surface area contributed by atoms with Crippen LogP contribution in [-0.4, -0.2) is 55.8 Å². The molecule has 0 bridgehead atoms. The molecule has 0 N–H and O–H groups in total. The first-order valence-corrected chi connectivity index (χ1v) is 13.4. The molecule has 10 heteroatoms. The van der Waals surface area contributed by atoms with E-state index >= 15 is 0 Å². The predicted molar refractivity (Wildman–Crippen MR) is 134 cm³/mol. The number of benzene rings is 2. The van der Waals surface area contributed by atoms with Gasteiger partial charge in [-0.1, -0.05) is 54.2 Å². The van der Waals surface area contributed by atoms with Crippen LogP contribution in [0.2, 0.25) is 0 Å². The van der Waals surface area contributed by atoms with Gasteiger partial charge in [0.1, 0.15) is 5.75 Å². The third-order valence-electron chi connectivity index (χ3n) is 5.50. The van der Waals surface area contributed by atoms with Gasteiger partial charge in [0.2, 0.25) is 5.88 Å². The molecule has 1 saturated heterocycles. The second-order valence-corrected chi connectivity index (χ2v) is 10.7. The number of nitrogens with zero attached hydrogens (tertiary/aromatic N) is 4. The maximum Gasteiger partial charge on any atom is 0.305 e. The molecule has 3 aromatic rings. The molecule has 1 aliphatic rings. The van der Waals surface area contributed by atoms with E-state index in [2.05, 4.69) is 22.1 Å². The molecule has 0 spiro atoms. The highest BCUT2D eigenvalue weighted by Gasteiger charge is 2.35. The molecule has 1 fully saturated rings.